The summed E-state index contributed by atoms with van der Waals surface area (Å²) in [5.74, 6) is 0.0291. The Morgan fingerprint density at radius 3 is 2.37 bits per heavy atom. The number of hydrogen-bond donors (Lipinski definition) is 0. The third kappa shape index (κ3) is 3.24. The Bertz CT molecular complexity index is 836. The quantitative estimate of drug-likeness (QED) is 0.746. The van der Waals surface area contributed by atoms with Crippen LogP contribution in [0.5, 0.6) is 0 Å². The number of imide groups is 1. The van der Waals surface area contributed by atoms with Crippen LogP contribution in [0.25, 0.3) is 0 Å². The molecule has 0 aromatic carbocycles. The van der Waals surface area contributed by atoms with E-state index in [1.165, 1.54) is 24.1 Å². The van der Waals surface area contributed by atoms with Gasteiger partial charge in [-0.2, -0.15) is 0 Å². The van der Waals surface area contributed by atoms with Crippen molar-refractivity contribution in [3.05, 3.63) is 33.9 Å². The van der Waals surface area contributed by atoms with E-state index in [1.54, 1.807) is 16.7 Å². The fraction of sp³-hybridized carbons (Fsp3) is 0.579. The predicted molar refractivity (Wildman–Crippen MR) is 97.3 cm³/mol. The zero-order valence-corrected chi connectivity index (χ0v) is 16.2. The van der Waals surface area contributed by atoms with Crippen molar-refractivity contribution in [3.8, 4) is 0 Å². The van der Waals surface area contributed by atoms with Gasteiger partial charge < -0.3 is 14.2 Å². The highest BCUT2D eigenvalue weighted by Gasteiger charge is 2.57. The molecule has 0 saturated carbocycles. The lowest BCUT2D eigenvalue weighted by Crippen LogP contribution is -2.58. The molecule has 2 aliphatic rings. The highest BCUT2D eigenvalue weighted by Crippen LogP contribution is 2.37. The van der Waals surface area contributed by atoms with Crippen LogP contribution in [-0.2, 0) is 4.79 Å². The monoisotopic (exact) mass is 375 g/mol. The van der Waals surface area contributed by atoms with E-state index in [1.807, 2.05) is 13.8 Å². The third-order valence-electron chi connectivity index (χ3n) is 5.26. The second-order valence-electron chi connectivity index (χ2n) is 7.74. The van der Waals surface area contributed by atoms with Gasteiger partial charge in [-0.1, -0.05) is 13.8 Å². The molecule has 3 rings (SSSR count). The van der Waals surface area contributed by atoms with E-state index in [2.05, 4.69) is 0 Å². The first-order valence-corrected chi connectivity index (χ1v) is 9.16. The zero-order valence-electron chi connectivity index (χ0n) is 16.2. The van der Waals surface area contributed by atoms with Crippen molar-refractivity contribution < 1.29 is 18.8 Å². The molecular weight excluding hydrogens is 350 g/mol. The number of carbonyl (C=O) groups excluding carboxylic acids is 3. The summed E-state index contributed by atoms with van der Waals surface area (Å²) < 4.78 is 5.39. The average Bonchev–Trinajstić information content (AvgIpc) is 2.77. The number of nitrogens with zero attached hydrogens (tertiary/aromatic N) is 3. The van der Waals surface area contributed by atoms with E-state index >= 15 is 0 Å². The van der Waals surface area contributed by atoms with Crippen molar-refractivity contribution >= 4 is 17.8 Å². The fourth-order valence-corrected chi connectivity index (χ4v) is 3.92. The summed E-state index contributed by atoms with van der Waals surface area (Å²) >= 11 is 0. The van der Waals surface area contributed by atoms with Crippen LogP contribution in [0.1, 0.15) is 43.0 Å². The Labute approximate surface area is 157 Å². The van der Waals surface area contributed by atoms with Gasteiger partial charge in [0.05, 0.1) is 0 Å². The maximum atomic E-state index is 12.8. The van der Waals surface area contributed by atoms with E-state index < -0.39 is 5.54 Å². The fourth-order valence-electron chi connectivity index (χ4n) is 3.92. The minimum Gasteiger partial charge on any atom is -0.456 e. The molecule has 1 aromatic rings. The first kappa shape index (κ1) is 19.1. The van der Waals surface area contributed by atoms with Crippen molar-refractivity contribution in [1.29, 1.82) is 0 Å². The van der Waals surface area contributed by atoms with E-state index in [0.717, 1.165) is 0 Å². The van der Waals surface area contributed by atoms with E-state index in [9.17, 15) is 19.2 Å². The summed E-state index contributed by atoms with van der Waals surface area (Å²) in [7, 11) is 1.51. The SMILES string of the molecule is Cc1cc(=O)cc(C(=O)N2CCC3(CC2)C(=O)N(C)C(=O)N3CC(C)C)o1. The molecule has 0 unspecified atom stereocenters. The number of likely N-dealkylation sites (N-methyl/N-ethyl adjacent to an activating group) is 1. The van der Waals surface area contributed by atoms with Crippen LogP contribution in [0.4, 0.5) is 4.79 Å². The van der Waals surface area contributed by atoms with Crippen molar-refractivity contribution in [3.63, 3.8) is 0 Å². The van der Waals surface area contributed by atoms with Gasteiger partial charge in [-0.15, -0.1) is 0 Å². The number of likely N-dealkylation sites (tertiary alicyclic amines) is 1. The van der Waals surface area contributed by atoms with Gasteiger partial charge in [-0.05, 0) is 25.7 Å². The molecule has 2 aliphatic heterocycles. The second kappa shape index (κ2) is 6.83. The van der Waals surface area contributed by atoms with Gasteiger partial charge in [0.25, 0.3) is 11.8 Å². The number of piperidine rings is 1. The minimum absolute atomic E-state index is 0.000861. The first-order chi connectivity index (χ1) is 12.7. The number of amides is 4. The van der Waals surface area contributed by atoms with Crippen LogP contribution in [-0.4, -0.2) is 64.8 Å². The lowest BCUT2D eigenvalue weighted by atomic mass is 9.85. The molecule has 0 N–H and O–H groups in total. The topological polar surface area (TPSA) is 91.1 Å². The summed E-state index contributed by atoms with van der Waals surface area (Å²) in [5.41, 5.74) is -1.17. The van der Waals surface area contributed by atoms with Gasteiger partial charge in [0.1, 0.15) is 11.3 Å². The molecule has 2 fully saturated rings. The maximum Gasteiger partial charge on any atom is 0.327 e. The van der Waals surface area contributed by atoms with Gasteiger partial charge in [0.2, 0.25) is 0 Å². The summed E-state index contributed by atoms with van der Waals surface area (Å²) in [6.45, 7) is 6.75. The van der Waals surface area contributed by atoms with Crippen LogP contribution in [0, 0.1) is 12.8 Å². The van der Waals surface area contributed by atoms with Crippen molar-refractivity contribution in [2.24, 2.45) is 5.92 Å². The molecular formula is C19H25N3O5. The molecule has 1 aromatic heterocycles. The molecule has 146 valence electrons. The number of aryl methyl sites for hydroxylation is 1. The summed E-state index contributed by atoms with van der Waals surface area (Å²) in [5, 5.41) is 0. The first-order valence-electron chi connectivity index (χ1n) is 9.16. The number of rotatable bonds is 3. The van der Waals surface area contributed by atoms with Crippen LogP contribution in [0.2, 0.25) is 0 Å². The number of carbonyl (C=O) groups is 3. The number of urea groups is 1. The van der Waals surface area contributed by atoms with Crippen LogP contribution >= 0.6 is 0 Å². The Kier molecular flexibility index (Phi) is 4.84. The van der Waals surface area contributed by atoms with E-state index in [-0.39, 0.29) is 35.0 Å². The molecule has 2 saturated heterocycles. The smallest absolute Gasteiger partial charge is 0.327 e. The summed E-state index contributed by atoms with van der Waals surface area (Å²) in [4.78, 5) is 54.1. The van der Waals surface area contributed by atoms with Crippen molar-refractivity contribution in [2.45, 2.75) is 39.2 Å². The molecule has 0 aliphatic carbocycles. The average molecular weight is 375 g/mol. The largest absolute Gasteiger partial charge is 0.456 e. The molecule has 0 radical (unpaired) electrons. The Morgan fingerprint density at radius 2 is 1.81 bits per heavy atom. The third-order valence-corrected chi connectivity index (χ3v) is 5.26. The normalized spacial score (nSPS) is 19.5. The molecule has 4 amide bonds. The Balaban J connectivity index is 1.80. The van der Waals surface area contributed by atoms with Gasteiger partial charge in [-0.3, -0.25) is 19.3 Å². The highest BCUT2D eigenvalue weighted by atomic mass is 16.3. The van der Waals surface area contributed by atoms with Crippen LogP contribution < -0.4 is 5.43 Å². The molecule has 3 heterocycles. The van der Waals surface area contributed by atoms with Crippen LogP contribution in [0.3, 0.4) is 0 Å². The Hall–Kier alpha value is -2.64. The van der Waals surface area contributed by atoms with Gasteiger partial charge in [0, 0.05) is 38.8 Å². The lowest BCUT2D eigenvalue weighted by molar-refractivity contribution is -0.134. The van der Waals surface area contributed by atoms with E-state index in [0.29, 0.717) is 38.2 Å². The second-order valence-corrected chi connectivity index (χ2v) is 7.74. The molecule has 0 atom stereocenters. The standard InChI is InChI=1S/C19H25N3O5/c1-12(2)11-22-18(26)20(4)17(25)19(22)5-7-21(8-6-19)16(24)15-10-14(23)9-13(3)27-15/h9-10,12H,5-8,11H2,1-4H3. The van der Waals surface area contributed by atoms with Gasteiger partial charge in [0.15, 0.2) is 11.2 Å². The molecule has 8 nitrogen and oxygen atoms in total. The molecule has 0 bridgehead atoms. The van der Waals surface area contributed by atoms with Gasteiger partial charge >= 0.3 is 6.03 Å². The minimum atomic E-state index is -0.889. The van der Waals surface area contributed by atoms with Crippen molar-refractivity contribution in [1.82, 2.24) is 14.7 Å². The molecule has 1 spiro atoms. The van der Waals surface area contributed by atoms with Crippen LogP contribution in [0.15, 0.2) is 21.3 Å². The number of hydrogen-bond acceptors (Lipinski definition) is 5. The Morgan fingerprint density at radius 1 is 1.19 bits per heavy atom. The predicted octanol–water partition coefficient (Wildman–Crippen LogP) is 1.47. The molecule has 8 heteroatoms. The zero-order chi connectivity index (χ0) is 19.9. The van der Waals surface area contributed by atoms with Crippen molar-refractivity contribution in [2.75, 3.05) is 26.7 Å². The lowest BCUT2D eigenvalue weighted by Gasteiger charge is -2.42. The van der Waals surface area contributed by atoms with Gasteiger partial charge in [-0.25, -0.2) is 4.79 Å². The highest BCUT2D eigenvalue weighted by molar-refractivity contribution is 6.07. The maximum absolute atomic E-state index is 12.8. The molecule has 27 heavy (non-hydrogen) atoms. The summed E-state index contributed by atoms with van der Waals surface area (Å²) in [6.07, 6.45) is 0.743. The van der Waals surface area contributed by atoms with E-state index in [4.69, 9.17) is 4.42 Å². The summed E-state index contributed by atoms with van der Waals surface area (Å²) in [6, 6.07) is 2.23.